The maximum atomic E-state index is 12.8. The molecule has 5 heteroatoms. The van der Waals surface area contributed by atoms with E-state index >= 15 is 0 Å². The lowest BCUT2D eigenvalue weighted by Crippen LogP contribution is -2.28. The Bertz CT molecular complexity index is 719. The lowest BCUT2D eigenvalue weighted by Gasteiger charge is -2.16. The van der Waals surface area contributed by atoms with Crippen LogP contribution in [0, 0.1) is 18.8 Å². The number of hydrogen-bond acceptors (Lipinski definition) is 3. The number of aryl methyl sites for hydroxylation is 1. The SMILES string of the molecule is Cc1ccc(S(=O)(=O)N2CC3=C[C@@H](CCCO)C=C[C@H]3C2)cc1. The average molecular weight is 333 g/mol. The molecule has 1 saturated heterocycles. The van der Waals surface area contributed by atoms with Crippen molar-refractivity contribution >= 4 is 10.0 Å². The Kier molecular flexibility index (Phi) is 4.71. The fourth-order valence-corrected chi connectivity index (χ4v) is 4.69. The highest BCUT2D eigenvalue weighted by molar-refractivity contribution is 7.89. The highest BCUT2D eigenvalue weighted by Crippen LogP contribution is 2.34. The first kappa shape index (κ1) is 16.4. The second kappa shape index (κ2) is 6.59. The molecule has 1 aromatic carbocycles. The third kappa shape index (κ3) is 3.42. The van der Waals surface area contributed by atoms with Gasteiger partial charge in [-0.15, -0.1) is 0 Å². The van der Waals surface area contributed by atoms with Gasteiger partial charge in [0.05, 0.1) is 4.90 Å². The molecule has 23 heavy (non-hydrogen) atoms. The number of fused-ring (bicyclic) bond motifs is 1. The van der Waals surface area contributed by atoms with Gasteiger partial charge in [-0.05, 0) is 37.8 Å². The van der Waals surface area contributed by atoms with E-state index in [1.165, 1.54) is 5.57 Å². The number of aliphatic hydroxyl groups excluding tert-OH is 1. The fourth-order valence-electron chi connectivity index (χ4n) is 3.24. The summed E-state index contributed by atoms with van der Waals surface area (Å²) >= 11 is 0. The molecule has 0 aromatic heterocycles. The maximum absolute atomic E-state index is 12.8. The molecular formula is C18H23NO3S. The first-order valence-electron chi connectivity index (χ1n) is 8.07. The minimum Gasteiger partial charge on any atom is -0.396 e. The largest absolute Gasteiger partial charge is 0.396 e. The van der Waals surface area contributed by atoms with E-state index < -0.39 is 10.0 Å². The number of aliphatic hydroxyl groups is 1. The summed E-state index contributed by atoms with van der Waals surface area (Å²) < 4.78 is 27.1. The van der Waals surface area contributed by atoms with Crippen molar-refractivity contribution in [1.29, 1.82) is 0 Å². The quantitative estimate of drug-likeness (QED) is 0.842. The van der Waals surface area contributed by atoms with Crippen molar-refractivity contribution in [1.82, 2.24) is 4.31 Å². The molecule has 0 unspecified atom stereocenters. The molecule has 1 N–H and O–H groups in total. The Morgan fingerprint density at radius 3 is 2.65 bits per heavy atom. The van der Waals surface area contributed by atoms with Crippen molar-refractivity contribution in [2.24, 2.45) is 11.8 Å². The Morgan fingerprint density at radius 1 is 1.22 bits per heavy atom. The van der Waals surface area contributed by atoms with Crippen LogP contribution in [0.3, 0.4) is 0 Å². The van der Waals surface area contributed by atoms with E-state index in [2.05, 4.69) is 18.2 Å². The van der Waals surface area contributed by atoms with Crippen LogP contribution in [0.1, 0.15) is 18.4 Å². The van der Waals surface area contributed by atoms with Gasteiger partial charge in [0.25, 0.3) is 0 Å². The van der Waals surface area contributed by atoms with Gasteiger partial charge >= 0.3 is 0 Å². The first-order valence-corrected chi connectivity index (χ1v) is 9.51. The van der Waals surface area contributed by atoms with Crippen molar-refractivity contribution in [2.75, 3.05) is 19.7 Å². The number of sulfonamides is 1. The molecule has 1 aromatic rings. The number of rotatable bonds is 5. The zero-order valence-corrected chi connectivity index (χ0v) is 14.2. The van der Waals surface area contributed by atoms with Gasteiger partial charge in [0.15, 0.2) is 0 Å². The van der Waals surface area contributed by atoms with Gasteiger partial charge in [0.2, 0.25) is 10.0 Å². The molecule has 124 valence electrons. The Hall–Kier alpha value is -1.43. The molecule has 1 aliphatic carbocycles. The number of nitrogens with zero attached hydrogens (tertiary/aromatic N) is 1. The zero-order valence-electron chi connectivity index (χ0n) is 13.4. The first-order chi connectivity index (χ1) is 11.0. The molecule has 0 bridgehead atoms. The number of hydrogen-bond donors (Lipinski definition) is 1. The molecule has 4 nitrogen and oxygen atoms in total. The van der Waals surface area contributed by atoms with Crippen LogP contribution in [0.5, 0.6) is 0 Å². The van der Waals surface area contributed by atoms with Crippen LogP contribution in [0.2, 0.25) is 0 Å². The molecule has 2 atom stereocenters. The van der Waals surface area contributed by atoms with E-state index in [4.69, 9.17) is 5.11 Å². The Labute approximate surface area is 138 Å². The lowest BCUT2D eigenvalue weighted by atomic mass is 9.88. The molecule has 0 radical (unpaired) electrons. The summed E-state index contributed by atoms with van der Waals surface area (Å²) in [6.07, 6.45) is 8.14. The van der Waals surface area contributed by atoms with Gasteiger partial charge < -0.3 is 5.11 Å². The minimum absolute atomic E-state index is 0.195. The van der Waals surface area contributed by atoms with E-state index in [-0.39, 0.29) is 12.5 Å². The van der Waals surface area contributed by atoms with Crippen molar-refractivity contribution in [3.8, 4) is 0 Å². The van der Waals surface area contributed by atoms with Crippen molar-refractivity contribution in [3.05, 3.63) is 53.6 Å². The normalized spacial score (nSPS) is 24.5. The van der Waals surface area contributed by atoms with Gasteiger partial charge in [-0.1, -0.05) is 41.5 Å². The summed E-state index contributed by atoms with van der Waals surface area (Å²) in [4.78, 5) is 0.364. The van der Waals surface area contributed by atoms with Gasteiger partial charge in [-0.25, -0.2) is 8.42 Å². The minimum atomic E-state index is -3.43. The van der Waals surface area contributed by atoms with Crippen LogP contribution in [-0.2, 0) is 10.0 Å². The van der Waals surface area contributed by atoms with Gasteiger partial charge in [0.1, 0.15) is 0 Å². The van der Waals surface area contributed by atoms with E-state index in [0.717, 1.165) is 18.4 Å². The van der Waals surface area contributed by atoms with Gasteiger partial charge in [-0.2, -0.15) is 4.31 Å². The summed E-state index contributed by atoms with van der Waals surface area (Å²) in [5.41, 5.74) is 2.24. The van der Waals surface area contributed by atoms with Crippen LogP contribution in [0.25, 0.3) is 0 Å². The van der Waals surface area contributed by atoms with Gasteiger partial charge in [-0.3, -0.25) is 0 Å². The van der Waals surface area contributed by atoms with Crippen molar-refractivity contribution < 1.29 is 13.5 Å². The Morgan fingerprint density at radius 2 is 1.96 bits per heavy atom. The third-order valence-corrected chi connectivity index (χ3v) is 6.43. The van der Waals surface area contributed by atoms with Gasteiger partial charge in [0, 0.05) is 25.6 Å². The number of allylic oxidation sites excluding steroid dienone is 2. The van der Waals surface area contributed by atoms with Crippen LogP contribution < -0.4 is 0 Å². The van der Waals surface area contributed by atoms with Crippen molar-refractivity contribution in [2.45, 2.75) is 24.7 Å². The van der Waals surface area contributed by atoms with E-state index in [1.807, 2.05) is 19.1 Å². The molecule has 0 spiro atoms. The molecule has 0 saturated carbocycles. The van der Waals surface area contributed by atoms with E-state index in [1.54, 1.807) is 16.4 Å². The monoisotopic (exact) mass is 333 g/mol. The predicted molar refractivity (Wildman–Crippen MR) is 90.5 cm³/mol. The summed E-state index contributed by atoms with van der Waals surface area (Å²) in [5, 5.41) is 8.95. The van der Waals surface area contributed by atoms with Crippen LogP contribution >= 0.6 is 0 Å². The van der Waals surface area contributed by atoms with Crippen LogP contribution in [0.15, 0.2) is 53.0 Å². The molecule has 1 fully saturated rings. The standard InChI is InChI=1S/C18H23NO3S/c1-14-4-8-18(9-5-14)23(21,22)19-12-16-7-6-15(3-2-10-20)11-17(16)13-19/h4-9,11,15-16,20H,2-3,10,12-13H2,1H3/t15-,16-/m0/s1. The number of benzene rings is 1. The molecular weight excluding hydrogens is 310 g/mol. The lowest BCUT2D eigenvalue weighted by molar-refractivity contribution is 0.280. The average Bonchev–Trinajstić information content (AvgIpc) is 2.97. The summed E-state index contributed by atoms with van der Waals surface area (Å²) in [6, 6.07) is 7.03. The summed E-state index contributed by atoms with van der Waals surface area (Å²) in [5.74, 6) is 0.510. The van der Waals surface area contributed by atoms with Crippen LogP contribution in [-0.4, -0.2) is 37.5 Å². The molecule has 0 amide bonds. The zero-order chi connectivity index (χ0) is 16.4. The predicted octanol–water partition coefficient (Wildman–Crippen LogP) is 2.50. The van der Waals surface area contributed by atoms with E-state index in [9.17, 15) is 8.42 Å². The third-order valence-electron chi connectivity index (χ3n) is 4.61. The molecule has 3 rings (SSSR count). The summed E-state index contributed by atoms with van der Waals surface area (Å²) in [7, 11) is -3.43. The molecule has 2 aliphatic rings. The highest BCUT2D eigenvalue weighted by Gasteiger charge is 2.35. The van der Waals surface area contributed by atoms with Crippen LogP contribution in [0.4, 0.5) is 0 Å². The summed E-state index contributed by atoms with van der Waals surface area (Å²) in [6.45, 7) is 3.14. The second-order valence-electron chi connectivity index (χ2n) is 6.37. The topological polar surface area (TPSA) is 57.6 Å². The fraction of sp³-hybridized carbons (Fsp3) is 0.444. The molecule has 1 heterocycles. The van der Waals surface area contributed by atoms with Crippen molar-refractivity contribution in [3.63, 3.8) is 0 Å². The molecule has 1 aliphatic heterocycles. The Balaban J connectivity index is 1.77. The highest BCUT2D eigenvalue weighted by atomic mass is 32.2. The smallest absolute Gasteiger partial charge is 0.243 e. The second-order valence-corrected chi connectivity index (χ2v) is 8.31. The van der Waals surface area contributed by atoms with E-state index in [0.29, 0.717) is 23.9 Å². The maximum Gasteiger partial charge on any atom is 0.243 e.